The number of thiophene rings is 1. The van der Waals surface area contributed by atoms with Crippen LogP contribution in [0.25, 0.3) is 0 Å². The summed E-state index contributed by atoms with van der Waals surface area (Å²) in [5.41, 5.74) is 2.82. The molecule has 1 saturated heterocycles. The molecule has 1 aliphatic rings. The fraction of sp³-hybridized carbons (Fsp3) is 0.450. The van der Waals surface area contributed by atoms with E-state index >= 15 is 0 Å². The fourth-order valence-corrected chi connectivity index (χ4v) is 3.95. The standard InChI is InChI=1S/C20H26N2OS/c1-20(2,3)17-8-4-5-9-18(17)21-10-12-22(13-11-21)19(23)15-16-7-6-14-24-16/h4-9,14H,10-13,15H2,1-3H3. The van der Waals surface area contributed by atoms with Gasteiger partial charge in [0.05, 0.1) is 6.42 Å². The Morgan fingerprint density at radius 2 is 1.75 bits per heavy atom. The van der Waals surface area contributed by atoms with E-state index in [-0.39, 0.29) is 11.3 Å². The summed E-state index contributed by atoms with van der Waals surface area (Å²) < 4.78 is 0. The molecular weight excluding hydrogens is 316 g/mol. The smallest absolute Gasteiger partial charge is 0.227 e. The molecule has 1 fully saturated rings. The first-order chi connectivity index (χ1) is 11.4. The predicted molar refractivity (Wildman–Crippen MR) is 102 cm³/mol. The molecule has 0 spiro atoms. The molecule has 0 atom stereocenters. The van der Waals surface area contributed by atoms with Gasteiger partial charge in [-0.3, -0.25) is 4.79 Å². The van der Waals surface area contributed by atoms with Gasteiger partial charge in [0.15, 0.2) is 0 Å². The Kier molecular flexibility index (Phi) is 4.95. The van der Waals surface area contributed by atoms with Gasteiger partial charge in [-0.2, -0.15) is 0 Å². The second kappa shape index (κ2) is 6.98. The van der Waals surface area contributed by atoms with Gasteiger partial charge >= 0.3 is 0 Å². The molecule has 0 radical (unpaired) electrons. The van der Waals surface area contributed by atoms with Crippen molar-refractivity contribution in [2.45, 2.75) is 32.6 Å². The quantitative estimate of drug-likeness (QED) is 0.843. The first-order valence-electron chi connectivity index (χ1n) is 8.60. The summed E-state index contributed by atoms with van der Waals surface area (Å²) in [5.74, 6) is 0.251. The summed E-state index contributed by atoms with van der Waals surface area (Å²) in [4.78, 5) is 18.0. The molecule has 2 heterocycles. The number of anilines is 1. The average Bonchev–Trinajstić information content (AvgIpc) is 3.07. The highest BCUT2D eigenvalue weighted by atomic mass is 32.1. The third-order valence-electron chi connectivity index (χ3n) is 4.59. The number of nitrogens with zero attached hydrogens (tertiary/aromatic N) is 2. The Morgan fingerprint density at radius 3 is 2.38 bits per heavy atom. The zero-order valence-electron chi connectivity index (χ0n) is 14.8. The highest BCUT2D eigenvalue weighted by Crippen LogP contribution is 2.32. The van der Waals surface area contributed by atoms with Gasteiger partial charge in [0, 0.05) is 36.7 Å². The number of carbonyl (C=O) groups excluding carboxylic acids is 1. The minimum atomic E-state index is 0.128. The van der Waals surface area contributed by atoms with Crippen molar-refractivity contribution >= 4 is 22.9 Å². The Hall–Kier alpha value is -1.81. The van der Waals surface area contributed by atoms with Crippen LogP contribution in [0.15, 0.2) is 41.8 Å². The number of rotatable bonds is 3. The molecule has 1 aromatic heterocycles. The van der Waals surface area contributed by atoms with E-state index in [1.807, 2.05) is 22.4 Å². The van der Waals surface area contributed by atoms with Crippen LogP contribution in [-0.4, -0.2) is 37.0 Å². The van der Waals surface area contributed by atoms with E-state index in [9.17, 15) is 4.79 Å². The van der Waals surface area contributed by atoms with Crippen molar-refractivity contribution in [1.82, 2.24) is 4.90 Å². The Labute approximate surface area is 148 Å². The topological polar surface area (TPSA) is 23.6 Å². The van der Waals surface area contributed by atoms with Gasteiger partial charge in [0.25, 0.3) is 0 Å². The lowest BCUT2D eigenvalue weighted by molar-refractivity contribution is -0.130. The van der Waals surface area contributed by atoms with Crippen molar-refractivity contribution in [2.24, 2.45) is 0 Å². The Balaban J connectivity index is 1.64. The number of benzene rings is 1. The molecule has 0 bridgehead atoms. The van der Waals surface area contributed by atoms with Gasteiger partial charge in [-0.25, -0.2) is 0 Å². The molecule has 0 aliphatic carbocycles. The van der Waals surface area contributed by atoms with E-state index in [4.69, 9.17) is 0 Å². The molecule has 4 heteroatoms. The highest BCUT2D eigenvalue weighted by molar-refractivity contribution is 7.10. The van der Waals surface area contributed by atoms with E-state index in [1.54, 1.807) is 11.3 Å². The van der Waals surface area contributed by atoms with Crippen LogP contribution in [0.5, 0.6) is 0 Å². The van der Waals surface area contributed by atoms with E-state index in [0.717, 1.165) is 31.1 Å². The largest absolute Gasteiger partial charge is 0.368 e. The lowest BCUT2D eigenvalue weighted by Gasteiger charge is -2.38. The zero-order chi connectivity index (χ0) is 17.2. The second-order valence-corrected chi connectivity index (χ2v) is 8.42. The molecule has 128 valence electrons. The summed E-state index contributed by atoms with van der Waals surface area (Å²) in [7, 11) is 0. The lowest BCUT2D eigenvalue weighted by Crippen LogP contribution is -2.49. The molecule has 1 aromatic carbocycles. The first-order valence-corrected chi connectivity index (χ1v) is 9.48. The molecule has 24 heavy (non-hydrogen) atoms. The van der Waals surface area contributed by atoms with Crippen molar-refractivity contribution < 1.29 is 4.79 Å². The van der Waals surface area contributed by atoms with Crippen LogP contribution < -0.4 is 4.90 Å². The third kappa shape index (κ3) is 3.81. The van der Waals surface area contributed by atoms with Crippen molar-refractivity contribution in [3.05, 3.63) is 52.2 Å². The summed E-state index contributed by atoms with van der Waals surface area (Å²) in [6.45, 7) is 10.2. The molecule has 3 nitrogen and oxygen atoms in total. The number of para-hydroxylation sites is 1. The average molecular weight is 343 g/mol. The highest BCUT2D eigenvalue weighted by Gasteiger charge is 2.25. The van der Waals surface area contributed by atoms with Crippen LogP contribution in [0, 0.1) is 0 Å². The van der Waals surface area contributed by atoms with Gasteiger partial charge in [-0.05, 0) is 28.5 Å². The van der Waals surface area contributed by atoms with E-state index < -0.39 is 0 Å². The second-order valence-electron chi connectivity index (χ2n) is 7.39. The van der Waals surface area contributed by atoms with Crippen LogP contribution >= 0.6 is 11.3 Å². The van der Waals surface area contributed by atoms with Gasteiger partial charge < -0.3 is 9.80 Å². The lowest BCUT2D eigenvalue weighted by atomic mass is 9.85. The molecule has 0 unspecified atom stereocenters. The van der Waals surface area contributed by atoms with E-state index in [1.165, 1.54) is 11.3 Å². The van der Waals surface area contributed by atoms with Crippen LogP contribution in [-0.2, 0) is 16.6 Å². The van der Waals surface area contributed by atoms with Gasteiger partial charge in [0.1, 0.15) is 0 Å². The van der Waals surface area contributed by atoms with Gasteiger partial charge in [-0.1, -0.05) is 45.0 Å². The minimum absolute atomic E-state index is 0.128. The number of carbonyl (C=O) groups is 1. The van der Waals surface area contributed by atoms with Crippen LogP contribution in [0.3, 0.4) is 0 Å². The number of piperazine rings is 1. The van der Waals surface area contributed by atoms with Crippen molar-refractivity contribution in [3.63, 3.8) is 0 Å². The number of amides is 1. The van der Waals surface area contributed by atoms with Crippen molar-refractivity contribution in [2.75, 3.05) is 31.1 Å². The maximum absolute atomic E-state index is 12.4. The maximum atomic E-state index is 12.4. The van der Waals surface area contributed by atoms with Gasteiger partial charge in [0.2, 0.25) is 5.91 Å². The summed E-state index contributed by atoms with van der Waals surface area (Å²) in [5, 5.41) is 2.03. The minimum Gasteiger partial charge on any atom is -0.368 e. The molecule has 0 N–H and O–H groups in total. The SMILES string of the molecule is CC(C)(C)c1ccccc1N1CCN(C(=O)Cc2cccs2)CC1. The van der Waals surface area contributed by atoms with Crippen molar-refractivity contribution in [3.8, 4) is 0 Å². The van der Waals surface area contributed by atoms with Gasteiger partial charge in [-0.15, -0.1) is 11.3 Å². The number of hydrogen-bond donors (Lipinski definition) is 0. The molecule has 1 aliphatic heterocycles. The molecule has 1 amide bonds. The van der Waals surface area contributed by atoms with Crippen molar-refractivity contribution in [1.29, 1.82) is 0 Å². The fourth-order valence-electron chi connectivity index (χ4n) is 3.25. The molecular formula is C20H26N2OS. The normalized spacial score (nSPS) is 15.6. The third-order valence-corrected chi connectivity index (χ3v) is 5.47. The predicted octanol–water partition coefficient (Wildman–Crippen LogP) is 3.94. The Bertz CT molecular complexity index is 680. The monoisotopic (exact) mass is 342 g/mol. The molecule has 2 aromatic rings. The number of hydrogen-bond acceptors (Lipinski definition) is 3. The summed E-state index contributed by atoms with van der Waals surface area (Å²) in [6.07, 6.45) is 0.538. The van der Waals surface area contributed by atoms with E-state index in [2.05, 4.69) is 49.9 Å². The molecule has 3 rings (SSSR count). The molecule has 0 saturated carbocycles. The van der Waals surface area contributed by atoms with Crippen LogP contribution in [0.1, 0.15) is 31.2 Å². The first kappa shape index (κ1) is 17.0. The maximum Gasteiger partial charge on any atom is 0.227 e. The summed E-state index contributed by atoms with van der Waals surface area (Å²) >= 11 is 1.66. The summed E-state index contributed by atoms with van der Waals surface area (Å²) in [6, 6.07) is 12.7. The van der Waals surface area contributed by atoms with E-state index in [0.29, 0.717) is 6.42 Å². The van der Waals surface area contributed by atoms with Crippen LogP contribution in [0.2, 0.25) is 0 Å². The Morgan fingerprint density at radius 1 is 1.04 bits per heavy atom. The zero-order valence-corrected chi connectivity index (χ0v) is 15.6. The van der Waals surface area contributed by atoms with Crippen LogP contribution in [0.4, 0.5) is 5.69 Å².